The van der Waals surface area contributed by atoms with Crippen LogP contribution in [-0.2, 0) is 30.4 Å². The summed E-state index contributed by atoms with van der Waals surface area (Å²) in [6.07, 6.45) is 1.05. The number of carboxylic acid groups (broad SMARTS) is 1. The molecular formula is C23H36N6O7. The van der Waals surface area contributed by atoms with Gasteiger partial charge in [-0.3, -0.25) is 19.2 Å². The van der Waals surface area contributed by atoms with E-state index in [0.717, 1.165) is 0 Å². The predicted molar refractivity (Wildman–Crippen MR) is 130 cm³/mol. The molecule has 13 nitrogen and oxygen atoms in total. The highest BCUT2D eigenvalue weighted by Gasteiger charge is 2.28. The molecular weight excluding hydrogens is 472 g/mol. The summed E-state index contributed by atoms with van der Waals surface area (Å²) in [4.78, 5) is 60.5. The van der Waals surface area contributed by atoms with Gasteiger partial charge in [-0.1, -0.05) is 12.1 Å². The van der Waals surface area contributed by atoms with Crippen LogP contribution in [0.4, 0.5) is 0 Å². The molecule has 4 unspecified atom stereocenters. The van der Waals surface area contributed by atoms with Crippen LogP contribution in [0.3, 0.4) is 0 Å². The lowest BCUT2D eigenvalue weighted by molar-refractivity contribution is -0.142. The van der Waals surface area contributed by atoms with Crippen molar-refractivity contribution < 1.29 is 34.2 Å². The molecule has 36 heavy (non-hydrogen) atoms. The number of phenolic OH excluding ortho intramolecular Hbond substituents is 1. The van der Waals surface area contributed by atoms with E-state index in [9.17, 15) is 34.2 Å². The number of aromatic hydroxyl groups is 1. The van der Waals surface area contributed by atoms with Gasteiger partial charge in [0, 0.05) is 6.42 Å². The van der Waals surface area contributed by atoms with Crippen LogP contribution in [0, 0.1) is 0 Å². The number of rotatable bonds is 16. The van der Waals surface area contributed by atoms with Crippen LogP contribution in [0.25, 0.3) is 0 Å². The number of nitrogens with two attached hydrogens (primary N) is 3. The number of hydrogen-bond donors (Lipinski definition) is 8. The number of aliphatic carboxylic acids is 1. The molecule has 4 atom stereocenters. The molecule has 0 fully saturated rings. The molecule has 0 aliphatic carbocycles. The van der Waals surface area contributed by atoms with Crippen LogP contribution in [0.5, 0.6) is 5.75 Å². The zero-order valence-electron chi connectivity index (χ0n) is 20.2. The first-order chi connectivity index (χ1) is 16.9. The molecule has 0 aliphatic rings. The van der Waals surface area contributed by atoms with Crippen LogP contribution in [0.15, 0.2) is 24.3 Å². The van der Waals surface area contributed by atoms with E-state index in [-0.39, 0.29) is 31.4 Å². The van der Waals surface area contributed by atoms with Crippen molar-refractivity contribution in [1.29, 1.82) is 0 Å². The first-order valence-electron chi connectivity index (χ1n) is 11.6. The van der Waals surface area contributed by atoms with E-state index in [0.29, 0.717) is 24.9 Å². The van der Waals surface area contributed by atoms with Crippen molar-refractivity contribution in [3.8, 4) is 5.75 Å². The standard InChI is InChI=1S/C23H36N6O7/c1-13(20(32)29-18(23(35)36)4-2-3-11-24)27-22(34)17(9-10-19(26)31)28-21(33)16(25)12-14-5-7-15(30)8-6-14/h5-8,13,16-18,30H,2-4,9-12,24-25H2,1H3,(H2,26,31)(H,27,34)(H,28,33)(H,29,32)(H,35,36). The molecule has 1 rings (SSSR count). The van der Waals surface area contributed by atoms with E-state index < -0.39 is 53.8 Å². The highest BCUT2D eigenvalue weighted by atomic mass is 16.4. The first kappa shape index (κ1) is 30.3. The van der Waals surface area contributed by atoms with Crippen LogP contribution < -0.4 is 33.2 Å². The summed E-state index contributed by atoms with van der Waals surface area (Å²) < 4.78 is 0. The largest absolute Gasteiger partial charge is 0.508 e. The lowest BCUT2D eigenvalue weighted by Gasteiger charge is -2.23. The lowest BCUT2D eigenvalue weighted by atomic mass is 10.0. The molecule has 0 spiro atoms. The van der Waals surface area contributed by atoms with E-state index in [2.05, 4.69) is 16.0 Å². The molecule has 0 radical (unpaired) electrons. The highest BCUT2D eigenvalue weighted by Crippen LogP contribution is 2.11. The second-order valence-corrected chi connectivity index (χ2v) is 8.46. The van der Waals surface area contributed by atoms with Gasteiger partial charge in [0.1, 0.15) is 23.9 Å². The van der Waals surface area contributed by atoms with Gasteiger partial charge in [-0.15, -0.1) is 0 Å². The van der Waals surface area contributed by atoms with E-state index in [1.54, 1.807) is 12.1 Å². The van der Waals surface area contributed by atoms with Crippen LogP contribution in [0.2, 0.25) is 0 Å². The van der Waals surface area contributed by atoms with Gasteiger partial charge in [-0.25, -0.2) is 4.79 Å². The summed E-state index contributed by atoms with van der Waals surface area (Å²) in [6, 6.07) is 1.56. The number of phenols is 1. The predicted octanol–water partition coefficient (Wildman–Crippen LogP) is -1.78. The highest BCUT2D eigenvalue weighted by molar-refractivity contribution is 5.94. The van der Waals surface area contributed by atoms with Crippen LogP contribution >= 0.6 is 0 Å². The maximum atomic E-state index is 12.8. The molecule has 1 aromatic rings. The Hall–Kier alpha value is -3.71. The molecule has 0 aliphatic heterocycles. The van der Waals surface area contributed by atoms with Crippen LogP contribution in [-0.4, -0.2) is 70.5 Å². The molecule has 1 aromatic carbocycles. The molecule has 0 aromatic heterocycles. The van der Waals surface area contributed by atoms with Gasteiger partial charge in [0.2, 0.25) is 23.6 Å². The molecule has 4 amide bonds. The van der Waals surface area contributed by atoms with E-state index in [1.165, 1.54) is 19.1 Å². The van der Waals surface area contributed by atoms with Crippen molar-refractivity contribution in [3.05, 3.63) is 29.8 Å². The van der Waals surface area contributed by atoms with Crippen molar-refractivity contribution in [3.63, 3.8) is 0 Å². The summed E-state index contributed by atoms with van der Waals surface area (Å²) in [7, 11) is 0. The average Bonchev–Trinajstić information content (AvgIpc) is 2.81. The van der Waals surface area contributed by atoms with Crippen molar-refractivity contribution >= 4 is 29.6 Å². The maximum Gasteiger partial charge on any atom is 0.326 e. The Morgan fingerprint density at radius 1 is 0.889 bits per heavy atom. The molecule has 13 heteroatoms. The zero-order valence-corrected chi connectivity index (χ0v) is 20.2. The molecule has 11 N–H and O–H groups in total. The lowest BCUT2D eigenvalue weighted by Crippen LogP contribution is -2.56. The fourth-order valence-electron chi connectivity index (χ4n) is 3.24. The third kappa shape index (κ3) is 11.1. The van der Waals surface area contributed by atoms with Crippen molar-refractivity contribution in [2.75, 3.05) is 6.54 Å². The number of carbonyl (C=O) groups is 5. The van der Waals surface area contributed by atoms with Gasteiger partial charge >= 0.3 is 5.97 Å². The third-order valence-corrected chi connectivity index (χ3v) is 5.35. The number of unbranched alkanes of at least 4 members (excludes halogenated alkanes) is 1. The van der Waals surface area contributed by atoms with Crippen molar-refractivity contribution in [2.45, 2.75) is 69.6 Å². The molecule has 0 heterocycles. The van der Waals surface area contributed by atoms with Gasteiger partial charge < -0.3 is 43.4 Å². The second-order valence-electron chi connectivity index (χ2n) is 8.46. The summed E-state index contributed by atoms with van der Waals surface area (Å²) in [5.41, 5.74) is 17.2. The average molecular weight is 509 g/mol. The van der Waals surface area contributed by atoms with Crippen LogP contribution in [0.1, 0.15) is 44.6 Å². The van der Waals surface area contributed by atoms with Gasteiger partial charge in [-0.05, 0) is 63.3 Å². The Balaban J connectivity index is 2.78. The molecule has 0 saturated heterocycles. The molecule has 0 bridgehead atoms. The minimum atomic E-state index is -1.22. The normalized spacial score (nSPS) is 14.1. The number of primary amides is 1. The Bertz CT molecular complexity index is 909. The number of amides is 4. The van der Waals surface area contributed by atoms with E-state index >= 15 is 0 Å². The summed E-state index contributed by atoms with van der Waals surface area (Å²) in [6.45, 7) is 1.75. The zero-order chi connectivity index (χ0) is 27.3. The quantitative estimate of drug-likeness (QED) is 0.117. The second kappa shape index (κ2) is 15.3. The van der Waals surface area contributed by atoms with Gasteiger partial charge in [-0.2, -0.15) is 0 Å². The van der Waals surface area contributed by atoms with E-state index in [1.807, 2.05) is 0 Å². The Morgan fingerprint density at radius 2 is 1.50 bits per heavy atom. The minimum Gasteiger partial charge on any atom is -0.508 e. The monoisotopic (exact) mass is 508 g/mol. The maximum absolute atomic E-state index is 12.8. The Morgan fingerprint density at radius 3 is 2.06 bits per heavy atom. The number of benzene rings is 1. The summed E-state index contributed by atoms with van der Waals surface area (Å²) >= 11 is 0. The van der Waals surface area contributed by atoms with Gasteiger partial charge in [0.25, 0.3) is 0 Å². The number of nitrogens with one attached hydrogen (secondary N) is 3. The third-order valence-electron chi connectivity index (χ3n) is 5.35. The SMILES string of the molecule is CC(NC(=O)C(CCC(N)=O)NC(=O)C(N)Cc1ccc(O)cc1)C(=O)NC(CCCCN)C(=O)O. The Kier molecular flexibility index (Phi) is 12.9. The number of hydrogen-bond acceptors (Lipinski definition) is 8. The minimum absolute atomic E-state index is 0.0587. The molecule has 0 saturated carbocycles. The summed E-state index contributed by atoms with van der Waals surface area (Å²) in [5.74, 6) is -4.01. The van der Waals surface area contributed by atoms with Gasteiger partial charge in [0.15, 0.2) is 0 Å². The number of carboxylic acids is 1. The van der Waals surface area contributed by atoms with Crippen molar-refractivity contribution in [1.82, 2.24) is 16.0 Å². The smallest absolute Gasteiger partial charge is 0.326 e. The molecule has 200 valence electrons. The summed E-state index contributed by atoms with van der Waals surface area (Å²) in [5, 5.41) is 25.9. The fraction of sp³-hybridized carbons (Fsp3) is 0.522. The first-order valence-corrected chi connectivity index (χ1v) is 11.6. The Labute approximate surface area is 209 Å². The van der Waals surface area contributed by atoms with Gasteiger partial charge in [0.05, 0.1) is 6.04 Å². The number of carbonyl (C=O) groups excluding carboxylic acids is 4. The topological polar surface area (TPSA) is 240 Å². The fourth-order valence-corrected chi connectivity index (χ4v) is 3.24. The van der Waals surface area contributed by atoms with Crippen molar-refractivity contribution in [2.24, 2.45) is 17.2 Å². The van der Waals surface area contributed by atoms with E-state index in [4.69, 9.17) is 17.2 Å².